The van der Waals surface area contributed by atoms with Crippen LogP contribution in [0.2, 0.25) is 0 Å². The first-order valence-corrected chi connectivity index (χ1v) is 2.70. The lowest BCUT2D eigenvalue weighted by Crippen LogP contribution is -1.76. The highest BCUT2D eigenvalue weighted by atomic mass is 32.1. The highest BCUT2D eigenvalue weighted by Gasteiger charge is 2.06. The first kappa shape index (κ1) is 7.42. The molecule has 4 heteroatoms. The summed E-state index contributed by atoms with van der Waals surface area (Å²) in [6.07, 6.45) is 0. The summed E-state index contributed by atoms with van der Waals surface area (Å²) in [5.74, 6) is 0. The lowest BCUT2D eigenvalue weighted by Gasteiger charge is -1.65. The topological polar surface area (TPSA) is 47.6 Å². The van der Waals surface area contributed by atoms with E-state index in [2.05, 4.69) is 25.3 Å². The van der Waals surface area contributed by atoms with E-state index in [0.29, 0.717) is 0 Å². The van der Waals surface area contributed by atoms with E-state index in [0.717, 1.165) is 0 Å². The Labute approximate surface area is 58.2 Å². The fraction of sp³-hybridized carbons (Fsp3) is 0. The zero-order chi connectivity index (χ0) is 6.57. The lowest BCUT2D eigenvalue weighted by molar-refractivity contribution is 1.50. The molecule has 0 aliphatic rings. The van der Waals surface area contributed by atoms with Gasteiger partial charge in [-0.15, -0.1) is 0 Å². The highest BCUT2D eigenvalue weighted by Crippen LogP contribution is 1.95. The molecule has 0 saturated heterocycles. The van der Waals surface area contributed by atoms with Gasteiger partial charge in [-0.2, -0.15) is 10.5 Å². The van der Waals surface area contributed by atoms with Gasteiger partial charge in [0, 0.05) is 25.3 Å². The standard InChI is InChI=1S/C4H2N2S2/c5-1-3(7)4(8)2-6/h7-8H/p+2. The van der Waals surface area contributed by atoms with E-state index in [-0.39, 0.29) is 9.81 Å². The lowest BCUT2D eigenvalue weighted by atomic mass is 10.5. The van der Waals surface area contributed by atoms with Crippen LogP contribution in [0.5, 0.6) is 0 Å². The monoisotopic (exact) mass is 144 g/mol. The Morgan fingerprint density at radius 2 is 1.25 bits per heavy atom. The van der Waals surface area contributed by atoms with Crippen LogP contribution >= 0.6 is 0 Å². The minimum atomic E-state index is 0.212. The first-order chi connectivity index (χ1) is 3.72. The number of nitrogens with zero attached hydrogens (tertiary/aromatic N) is 2. The van der Waals surface area contributed by atoms with Gasteiger partial charge in [-0.05, 0) is 0 Å². The summed E-state index contributed by atoms with van der Waals surface area (Å²) in [6.45, 7) is 0. The molecule has 0 atom stereocenters. The molecule has 8 heavy (non-hydrogen) atoms. The van der Waals surface area contributed by atoms with Crippen LogP contribution in [0.1, 0.15) is 0 Å². The number of hydrogen-bond donors (Lipinski definition) is 0. The second-order valence-electron chi connectivity index (χ2n) is 0.974. The molecule has 0 aliphatic heterocycles. The normalized spacial score (nSPS) is 11.0. The van der Waals surface area contributed by atoms with Crippen molar-refractivity contribution in [1.82, 2.24) is 0 Å². The molecule has 0 fully saturated rings. The molecule has 0 spiro atoms. The zero-order valence-corrected chi connectivity index (χ0v) is 5.89. The Kier molecular flexibility index (Phi) is 3.18. The summed E-state index contributed by atoms with van der Waals surface area (Å²) in [7, 11) is 0. The number of rotatable bonds is 0. The van der Waals surface area contributed by atoms with Crippen LogP contribution in [0.15, 0.2) is 9.81 Å². The van der Waals surface area contributed by atoms with Crippen LogP contribution in [-0.4, -0.2) is 0 Å². The van der Waals surface area contributed by atoms with Gasteiger partial charge in [-0.25, -0.2) is 0 Å². The summed E-state index contributed by atoms with van der Waals surface area (Å²) >= 11 is 5.79. The van der Waals surface area contributed by atoms with Gasteiger partial charge in [0.05, 0.1) is 0 Å². The fourth-order valence-electron chi connectivity index (χ4n) is 0.112. The maximum Gasteiger partial charge on any atom is 0.292 e. The van der Waals surface area contributed by atoms with Crippen molar-refractivity contribution in [2.24, 2.45) is 0 Å². The van der Waals surface area contributed by atoms with Crippen molar-refractivity contribution >= 4 is 25.3 Å². The van der Waals surface area contributed by atoms with Gasteiger partial charge in [-0.3, -0.25) is 0 Å². The third-order valence-corrected chi connectivity index (χ3v) is 1.45. The molecule has 0 rings (SSSR count). The minimum Gasteiger partial charge on any atom is -0.187 e. The largest absolute Gasteiger partial charge is 0.292 e. The smallest absolute Gasteiger partial charge is 0.187 e. The zero-order valence-electron chi connectivity index (χ0n) is 3.89. The Morgan fingerprint density at radius 1 is 1.00 bits per heavy atom. The molecular formula is C4H4N2S2+2. The van der Waals surface area contributed by atoms with E-state index in [1.165, 1.54) is 0 Å². The average molecular weight is 144 g/mol. The molecule has 0 heterocycles. The van der Waals surface area contributed by atoms with E-state index in [9.17, 15) is 0 Å². The predicted octanol–water partition coefficient (Wildman–Crippen LogP) is -0.732. The SMILES string of the molecule is N#CC([SH2+])=C([SH2+])C#N. The first-order valence-electron chi connectivity index (χ1n) is 1.70. The van der Waals surface area contributed by atoms with Gasteiger partial charge in [0.25, 0.3) is 9.81 Å². The molecule has 0 aromatic carbocycles. The van der Waals surface area contributed by atoms with Gasteiger partial charge in [0.15, 0.2) is 12.1 Å². The summed E-state index contributed by atoms with van der Waals surface area (Å²) in [5, 5.41) is 16.2. The molecule has 0 unspecified atom stereocenters. The Morgan fingerprint density at radius 3 is 1.38 bits per heavy atom. The molecule has 0 N–H and O–H groups in total. The molecule has 0 saturated carbocycles. The van der Waals surface area contributed by atoms with Crippen molar-refractivity contribution in [2.45, 2.75) is 0 Å². The van der Waals surface area contributed by atoms with Crippen LogP contribution in [0, 0.1) is 22.7 Å². The summed E-state index contributed by atoms with van der Waals surface area (Å²) in [4.78, 5) is 0.424. The molecule has 0 radical (unpaired) electrons. The van der Waals surface area contributed by atoms with E-state index in [1.54, 1.807) is 12.1 Å². The molecule has 0 bridgehead atoms. The van der Waals surface area contributed by atoms with Crippen molar-refractivity contribution < 1.29 is 0 Å². The molecular weight excluding hydrogens is 140 g/mol. The third-order valence-electron chi connectivity index (χ3n) is 0.474. The van der Waals surface area contributed by atoms with E-state index >= 15 is 0 Å². The van der Waals surface area contributed by atoms with Crippen molar-refractivity contribution in [2.75, 3.05) is 0 Å². The highest BCUT2D eigenvalue weighted by molar-refractivity contribution is 7.68. The quantitative estimate of drug-likeness (QED) is 0.332. The Bertz CT molecular complexity index is 171. The summed E-state index contributed by atoms with van der Waals surface area (Å²) in [5.41, 5.74) is 0. The van der Waals surface area contributed by atoms with Gasteiger partial charge in [-0.1, -0.05) is 0 Å². The van der Waals surface area contributed by atoms with Crippen molar-refractivity contribution in [3.05, 3.63) is 9.81 Å². The van der Waals surface area contributed by atoms with Gasteiger partial charge in [0.1, 0.15) is 0 Å². The minimum absolute atomic E-state index is 0.212. The maximum absolute atomic E-state index is 8.10. The van der Waals surface area contributed by atoms with E-state index in [1.807, 2.05) is 0 Å². The molecule has 40 valence electrons. The Balaban J connectivity index is 4.41. The molecule has 0 aliphatic carbocycles. The average Bonchev–Trinajstić information content (AvgIpc) is 1.84. The van der Waals surface area contributed by atoms with Crippen LogP contribution in [-0.2, 0) is 25.3 Å². The van der Waals surface area contributed by atoms with Crippen molar-refractivity contribution in [3.63, 3.8) is 0 Å². The molecule has 0 aromatic rings. The van der Waals surface area contributed by atoms with Crippen LogP contribution < -0.4 is 0 Å². The second-order valence-corrected chi connectivity index (χ2v) is 1.97. The number of allylic oxidation sites excluding steroid dienone is 2. The number of hydrogen-bond acceptors (Lipinski definition) is 2. The van der Waals surface area contributed by atoms with Crippen LogP contribution in [0.3, 0.4) is 0 Å². The van der Waals surface area contributed by atoms with Crippen molar-refractivity contribution in [3.8, 4) is 12.1 Å². The van der Waals surface area contributed by atoms with Gasteiger partial charge >= 0.3 is 0 Å². The van der Waals surface area contributed by atoms with Gasteiger partial charge < -0.3 is 0 Å². The van der Waals surface area contributed by atoms with Gasteiger partial charge in [0.2, 0.25) is 0 Å². The van der Waals surface area contributed by atoms with E-state index < -0.39 is 0 Å². The molecule has 0 aromatic heterocycles. The van der Waals surface area contributed by atoms with Crippen LogP contribution in [0.25, 0.3) is 0 Å². The molecule has 2 nitrogen and oxygen atoms in total. The second kappa shape index (κ2) is 3.43. The molecule has 0 amide bonds. The van der Waals surface area contributed by atoms with Crippen molar-refractivity contribution in [1.29, 1.82) is 10.5 Å². The fourth-order valence-corrected chi connectivity index (χ4v) is 0.224. The maximum atomic E-state index is 8.10. The summed E-state index contributed by atoms with van der Waals surface area (Å²) < 4.78 is 0. The van der Waals surface area contributed by atoms with E-state index in [4.69, 9.17) is 10.5 Å². The third kappa shape index (κ3) is 1.92. The summed E-state index contributed by atoms with van der Waals surface area (Å²) in [6, 6.07) is 3.48. The predicted molar refractivity (Wildman–Crippen MR) is 38.6 cm³/mol. The number of nitriles is 2. The van der Waals surface area contributed by atoms with Crippen LogP contribution in [0.4, 0.5) is 0 Å². The Hall–Kier alpha value is -0.580.